The molecular weight excluding hydrogens is 299 g/mol. The number of fused-ring (bicyclic) bond motifs is 1. The standard InChI is InChI=1S/C14H8Cl2N2O2/c1-7-17-13(10(6-19)14(16)18-7)12-5-8-4-9(15)2-3-11(8)20-12/h2-6H,1H3. The van der Waals surface area contributed by atoms with Crippen LogP contribution in [-0.2, 0) is 0 Å². The van der Waals surface area contributed by atoms with Gasteiger partial charge in [0.25, 0.3) is 0 Å². The van der Waals surface area contributed by atoms with Crippen molar-refractivity contribution in [2.24, 2.45) is 0 Å². The molecule has 6 heteroatoms. The third-order valence-corrected chi connectivity index (χ3v) is 3.36. The average Bonchev–Trinajstić information content (AvgIpc) is 2.80. The maximum atomic E-state index is 11.2. The number of hydrogen-bond donors (Lipinski definition) is 0. The summed E-state index contributed by atoms with van der Waals surface area (Å²) < 4.78 is 5.70. The number of carbonyl (C=O) groups is 1. The van der Waals surface area contributed by atoms with Crippen molar-refractivity contribution in [2.75, 3.05) is 0 Å². The van der Waals surface area contributed by atoms with E-state index in [-0.39, 0.29) is 10.7 Å². The number of nitrogens with zero attached hydrogens (tertiary/aromatic N) is 2. The number of hydrogen-bond acceptors (Lipinski definition) is 4. The third kappa shape index (κ3) is 2.17. The molecule has 0 aliphatic heterocycles. The van der Waals surface area contributed by atoms with Crippen LogP contribution in [0, 0.1) is 6.92 Å². The molecule has 0 aliphatic rings. The Kier molecular flexibility index (Phi) is 3.20. The second-order valence-corrected chi connectivity index (χ2v) is 5.03. The highest BCUT2D eigenvalue weighted by Gasteiger charge is 2.16. The van der Waals surface area contributed by atoms with Crippen molar-refractivity contribution in [1.82, 2.24) is 9.97 Å². The van der Waals surface area contributed by atoms with Gasteiger partial charge in [-0.3, -0.25) is 4.79 Å². The van der Waals surface area contributed by atoms with E-state index in [9.17, 15) is 4.79 Å². The minimum Gasteiger partial charge on any atom is -0.454 e. The number of rotatable bonds is 2. The van der Waals surface area contributed by atoms with Crippen molar-refractivity contribution in [3.05, 3.63) is 45.8 Å². The Hall–Kier alpha value is -1.91. The van der Waals surface area contributed by atoms with E-state index in [4.69, 9.17) is 27.6 Å². The molecule has 0 aliphatic carbocycles. The van der Waals surface area contributed by atoms with E-state index < -0.39 is 0 Å². The molecule has 0 unspecified atom stereocenters. The van der Waals surface area contributed by atoms with Gasteiger partial charge < -0.3 is 4.42 Å². The highest BCUT2D eigenvalue weighted by atomic mass is 35.5. The minimum atomic E-state index is 0.112. The van der Waals surface area contributed by atoms with Crippen LogP contribution in [0.4, 0.5) is 0 Å². The molecule has 0 saturated heterocycles. The lowest BCUT2D eigenvalue weighted by molar-refractivity contribution is 0.112. The Morgan fingerprint density at radius 1 is 1.20 bits per heavy atom. The molecule has 0 spiro atoms. The largest absolute Gasteiger partial charge is 0.454 e. The Balaban J connectivity index is 2.27. The Morgan fingerprint density at radius 2 is 2.00 bits per heavy atom. The summed E-state index contributed by atoms with van der Waals surface area (Å²) in [5.74, 6) is 0.922. The zero-order valence-electron chi connectivity index (χ0n) is 10.4. The average molecular weight is 307 g/mol. The van der Waals surface area contributed by atoms with E-state index in [0.29, 0.717) is 34.2 Å². The molecule has 2 aromatic heterocycles. The smallest absolute Gasteiger partial charge is 0.155 e. The van der Waals surface area contributed by atoms with Crippen molar-refractivity contribution < 1.29 is 9.21 Å². The van der Waals surface area contributed by atoms with Crippen molar-refractivity contribution in [3.63, 3.8) is 0 Å². The molecule has 0 amide bonds. The first kappa shape index (κ1) is 13.1. The quantitative estimate of drug-likeness (QED) is 0.522. The van der Waals surface area contributed by atoms with Crippen LogP contribution in [0.25, 0.3) is 22.4 Å². The Labute approximate surface area is 124 Å². The molecule has 2 heterocycles. The van der Waals surface area contributed by atoms with Gasteiger partial charge in [0.05, 0.1) is 5.56 Å². The summed E-state index contributed by atoms with van der Waals surface area (Å²) >= 11 is 11.9. The summed E-state index contributed by atoms with van der Waals surface area (Å²) in [5, 5.41) is 1.55. The normalized spacial score (nSPS) is 10.9. The molecular formula is C14H8Cl2N2O2. The topological polar surface area (TPSA) is 56.0 Å². The van der Waals surface area contributed by atoms with Crippen LogP contribution in [0.1, 0.15) is 16.2 Å². The number of aromatic nitrogens is 2. The van der Waals surface area contributed by atoms with Crippen LogP contribution >= 0.6 is 23.2 Å². The van der Waals surface area contributed by atoms with Crippen LogP contribution in [0.2, 0.25) is 10.2 Å². The lowest BCUT2D eigenvalue weighted by Crippen LogP contribution is -1.98. The molecule has 4 nitrogen and oxygen atoms in total. The first-order valence-corrected chi connectivity index (χ1v) is 6.53. The first-order valence-electron chi connectivity index (χ1n) is 5.77. The fourth-order valence-electron chi connectivity index (χ4n) is 1.97. The van der Waals surface area contributed by atoms with E-state index in [0.717, 1.165) is 5.39 Å². The Morgan fingerprint density at radius 3 is 2.75 bits per heavy atom. The van der Waals surface area contributed by atoms with E-state index in [1.807, 2.05) is 0 Å². The maximum Gasteiger partial charge on any atom is 0.155 e. The summed E-state index contributed by atoms with van der Waals surface area (Å²) in [5.41, 5.74) is 1.25. The van der Waals surface area contributed by atoms with Crippen LogP contribution in [0.5, 0.6) is 0 Å². The summed E-state index contributed by atoms with van der Waals surface area (Å²) in [4.78, 5) is 19.4. The molecule has 3 aromatic rings. The highest BCUT2D eigenvalue weighted by Crippen LogP contribution is 2.31. The van der Waals surface area contributed by atoms with Gasteiger partial charge in [0.15, 0.2) is 12.0 Å². The van der Waals surface area contributed by atoms with Crippen molar-refractivity contribution >= 4 is 40.5 Å². The second kappa shape index (κ2) is 4.89. The van der Waals surface area contributed by atoms with Gasteiger partial charge in [-0.05, 0) is 31.2 Å². The van der Waals surface area contributed by atoms with Gasteiger partial charge in [-0.25, -0.2) is 9.97 Å². The molecule has 3 rings (SSSR count). The van der Waals surface area contributed by atoms with E-state index in [1.54, 1.807) is 31.2 Å². The van der Waals surface area contributed by atoms with E-state index in [2.05, 4.69) is 9.97 Å². The van der Waals surface area contributed by atoms with Gasteiger partial charge in [-0.2, -0.15) is 0 Å². The lowest BCUT2D eigenvalue weighted by Gasteiger charge is -2.03. The number of carbonyl (C=O) groups excluding carboxylic acids is 1. The molecule has 20 heavy (non-hydrogen) atoms. The zero-order valence-corrected chi connectivity index (χ0v) is 11.9. The fourth-order valence-corrected chi connectivity index (χ4v) is 2.41. The van der Waals surface area contributed by atoms with Gasteiger partial charge in [0.1, 0.15) is 22.3 Å². The van der Waals surface area contributed by atoms with Crippen LogP contribution < -0.4 is 0 Å². The molecule has 0 N–H and O–H groups in total. The van der Waals surface area contributed by atoms with Gasteiger partial charge in [0, 0.05) is 10.4 Å². The van der Waals surface area contributed by atoms with Crippen LogP contribution in [-0.4, -0.2) is 16.3 Å². The van der Waals surface area contributed by atoms with Crippen LogP contribution in [0.15, 0.2) is 28.7 Å². The van der Waals surface area contributed by atoms with Gasteiger partial charge in [-0.1, -0.05) is 23.2 Å². The molecule has 0 bridgehead atoms. The number of furan rings is 1. The van der Waals surface area contributed by atoms with Gasteiger partial charge >= 0.3 is 0 Å². The maximum absolute atomic E-state index is 11.2. The zero-order chi connectivity index (χ0) is 14.3. The summed E-state index contributed by atoms with van der Waals surface area (Å²) in [6, 6.07) is 7.04. The van der Waals surface area contributed by atoms with E-state index in [1.165, 1.54) is 0 Å². The molecule has 0 atom stereocenters. The summed E-state index contributed by atoms with van der Waals surface area (Å²) in [6.07, 6.45) is 0.622. The molecule has 100 valence electrons. The van der Waals surface area contributed by atoms with Crippen LogP contribution in [0.3, 0.4) is 0 Å². The predicted octanol–water partition coefficient (Wildman–Crippen LogP) is 4.32. The predicted molar refractivity (Wildman–Crippen MR) is 77.4 cm³/mol. The Bertz CT molecular complexity index is 827. The lowest BCUT2D eigenvalue weighted by atomic mass is 10.2. The second-order valence-electron chi connectivity index (χ2n) is 4.23. The first-order chi connectivity index (χ1) is 9.58. The van der Waals surface area contributed by atoms with Crippen molar-refractivity contribution in [3.8, 4) is 11.5 Å². The summed E-state index contributed by atoms with van der Waals surface area (Å²) in [6.45, 7) is 1.70. The molecule has 0 fully saturated rings. The SMILES string of the molecule is Cc1nc(Cl)c(C=O)c(-c2cc3cc(Cl)ccc3o2)n1. The number of benzene rings is 1. The molecule has 0 radical (unpaired) electrons. The molecule has 1 aromatic carbocycles. The van der Waals surface area contributed by atoms with Crippen molar-refractivity contribution in [1.29, 1.82) is 0 Å². The highest BCUT2D eigenvalue weighted by molar-refractivity contribution is 6.32. The number of aldehydes is 1. The fraction of sp³-hybridized carbons (Fsp3) is 0.0714. The van der Waals surface area contributed by atoms with E-state index >= 15 is 0 Å². The minimum absolute atomic E-state index is 0.112. The van der Waals surface area contributed by atoms with Crippen molar-refractivity contribution in [2.45, 2.75) is 6.92 Å². The number of halogens is 2. The number of aryl methyl sites for hydroxylation is 1. The monoisotopic (exact) mass is 306 g/mol. The molecule has 0 saturated carbocycles. The van der Waals surface area contributed by atoms with Gasteiger partial charge in [0.2, 0.25) is 0 Å². The van der Waals surface area contributed by atoms with Gasteiger partial charge in [-0.15, -0.1) is 0 Å². The summed E-state index contributed by atoms with van der Waals surface area (Å²) in [7, 11) is 0. The third-order valence-electron chi connectivity index (χ3n) is 2.84.